The lowest BCUT2D eigenvalue weighted by Crippen LogP contribution is -2.01. The summed E-state index contributed by atoms with van der Waals surface area (Å²) in [5.74, 6) is 0.745. The summed E-state index contributed by atoms with van der Waals surface area (Å²) in [4.78, 5) is 0. The maximum Gasteiger partial charge on any atom is 0.0824 e. The van der Waals surface area contributed by atoms with Gasteiger partial charge in [0.1, 0.15) is 0 Å². The molecule has 0 radical (unpaired) electrons. The summed E-state index contributed by atoms with van der Waals surface area (Å²) in [6.07, 6.45) is 0.621. The van der Waals surface area contributed by atoms with Crippen LogP contribution >= 0.6 is 11.6 Å². The maximum absolute atomic E-state index is 10.6. The van der Waals surface area contributed by atoms with Crippen LogP contribution in [0.25, 0.3) is 11.1 Å². The molecule has 0 saturated heterocycles. The molecule has 120 valence electrons. The molecule has 4 rings (SSSR count). The molecule has 1 nitrogen and oxygen atoms in total. The first-order valence-electron chi connectivity index (χ1n) is 8.31. The van der Waals surface area contributed by atoms with Crippen molar-refractivity contribution in [1.29, 1.82) is 0 Å². The summed E-state index contributed by atoms with van der Waals surface area (Å²) in [6, 6.07) is 26.7. The zero-order chi connectivity index (χ0) is 16.5. The number of hydrogen-bond donors (Lipinski definition) is 1. The maximum atomic E-state index is 10.6. The van der Waals surface area contributed by atoms with Gasteiger partial charge in [0.25, 0.3) is 0 Å². The van der Waals surface area contributed by atoms with Crippen molar-refractivity contribution in [3.8, 4) is 11.1 Å². The molecule has 0 amide bonds. The zero-order valence-electron chi connectivity index (χ0n) is 13.3. The molecule has 0 spiro atoms. The van der Waals surface area contributed by atoms with Gasteiger partial charge < -0.3 is 5.11 Å². The second kappa shape index (κ2) is 6.43. The number of rotatable bonds is 4. The Morgan fingerprint density at radius 1 is 0.792 bits per heavy atom. The number of halogens is 1. The van der Waals surface area contributed by atoms with Gasteiger partial charge in [-0.05, 0) is 52.6 Å². The van der Waals surface area contributed by atoms with E-state index in [1.165, 1.54) is 16.7 Å². The fourth-order valence-corrected chi connectivity index (χ4v) is 3.53. The molecule has 3 aromatic rings. The molecule has 24 heavy (non-hydrogen) atoms. The first-order valence-corrected chi connectivity index (χ1v) is 8.69. The Balaban J connectivity index is 1.47. The van der Waals surface area contributed by atoms with E-state index in [0.717, 1.165) is 12.0 Å². The molecule has 3 atom stereocenters. The van der Waals surface area contributed by atoms with E-state index in [1.54, 1.807) is 0 Å². The molecule has 0 aromatic heterocycles. The predicted octanol–water partition coefficient (Wildman–Crippen LogP) is 5.84. The minimum absolute atomic E-state index is 0.300. The number of aliphatic hydroxyl groups is 1. The Morgan fingerprint density at radius 2 is 1.42 bits per heavy atom. The van der Waals surface area contributed by atoms with Gasteiger partial charge in [-0.1, -0.05) is 78.3 Å². The second-order valence-electron chi connectivity index (χ2n) is 6.49. The van der Waals surface area contributed by atoms with Gasteiger partial charge in [-0.15, -0.1) is 0 Å². The number of benzene rings is 3. The van der Waals surface area contributed by atoms with Crippen LogP contribution in [0.5, 0.6) is 0 Å². The Labute approximate surface area is 147 Å². The van der Waals surface area contributed by atoms with E-state index in [4.69, 9.17) is 11.6 Å². The molecule has 0 aliphatic heterocycles. The van der Waals surface area contributed by atoms with Gasteiger partial charge in [-0.2, -0.15) is 0 Å². The first kappa shape index (κ1) is 15.4. The second-order valence-corrected chi connectivity index (χ2v) is 6.93. The molecule has 0 heterocycles. The molecular formula is C22H19ClO. The normalized spacial score (nSPS) is 20.6. The van der Waals surface area contributed by atoms with Crippen LogP contribution in [0.15, 0.2) is 78.9 Å². The largest absolute Gasteiger partial charge is 0.388 e. The molecule has 1 aliphatic rings. The van der Waals surface area contributed by atoms with Crippen LogP contribution in [0.3, 0.4) is 0 Å². The van der Waals surface area contributed by atoms with Crippen molar-refractivity contribution in [3.63, 3.8) is 0 Å². The molecule has 1 saturated carbocycles. The highest BCUT2D eigenvalue weighted by atomic mass is 35.5. The van der Waals surface area contributed by atoms with E-state index in [1.807, 2.05) is 30.3 Å². The number of aliphatic hydroxyl groups excluding tert-OH is 1. The third-order valence-corrected chi connectivity index (χ3v) is 5.15. The highest BCUT2D eigenvalue weighted by Gasteiger charge is 2.43. The van der Waals surface area contributed by atoms with E-state index >= 15 is 0 Å². The lowest BCUT2D eigenvalue weighted by molar-refractivity contribution is 0.151. The van der Waals surface area contributed by atoms with Crippen molar-refractivity contribution in [2.45, 2.75) is 18.4 Å². The van der Waals surface area contributed by atoms with Crippen LogP contribution < -0.4 is 0 Å². The predicted molar refractivity (Wildman–Crippen MR) is 99.1 cm³/mol. The number of hydrogen-bond acceptors (Lipinski definition) is 1. The highest BCUT2D eigenvalue weighted by Crippen LogP contribution is 2.54. The first-order chi connectivity index (χ1) is 11.7. The van der Waals surface area contributed by atoms with E-state index < -0.39 is 6.10 Å². The minimum Gasteiger partial charge on any atom is -0.388 e. The smallest absolute Gasteiger partial charge is 0.0824 e. The van der Waals surface area contributed by atoms with Crippen molar-refractivity contribution in [3.05, 3.63) is 95.0 Å². The summed E-state index contributed by atoms with van der Waals surface area (Å²) in [5.41, 5.74) is 4.73. The van der Waals surface area contributed by atoms with E-state index in [9.17, 15) is 5.11 Å². The summed E-state index contributed by atoms with van der Waals surface area (Å²) >= 11 is 5.92. The van der Waals surface area contributed by atoms with E-state index in [-0.39, 0.29) is 0 Å². The van der Waals surface area contributed by atoms with Crippen molar-refractivity contribution < 1.29 is 5.11 Å². The topological polar surface area (TPSA) is 20.2 Å². The van der Waals surface area contributed by atoms with Gasteiger partial charge >= 0.3 is 0 Å². The van der Waals surface area contributed by atoms with Crippen LogP contribution in [0.2, 0.25) is 5.02 Å². The molecule has 3 unspecified atom stereocenters. The van der Waals surface area contributed by atoms with Crippen molar-refractivity contribution in [2.24, 2.45) is 5.92 Å². The van der Waals surface area contributed by atoms with E-state index in [0.29, 0.717) is 16.9 Å². The standard InChI is InChI=1S/C22H19ClO/c23-19-12-10-18(11-13-19)22(24)21-14-20(21)17-8-6-16(7-9-17)15-4-2-1-3-5-15/h1-13,20-22,24H,14H2. The Bertz CT molecular complexity index is 809. The van der Waals surface area contributed by atoms with E-state index in [2.05, 4.69) is 48.5 Å². The van der Waals surface area contributed by atoms with Crippen molar-refractivity contribution in [2.75, 3.05) is 0 Å². The average Bonchev–Trinajstić information content (AvgIpc) is 3.43. The van der Waals surface area contributed by atoms with Crippen molar-refractivity contribution in [1.82, 2.24) is 0 Å². The molecule has 2 heteroatoms. The van der Waals surface area contributed by atoms with Crippen LogP contribution in [0.4, 0.5) is 0 Å². The molecule has 3 aromatic carbocycles. The lowest BCUT2D eigenvalue weighted by atomic mass is 9.99. The average molecular weight is 335 g/mol. The van der Waals surface area contributed by atoms with Gasteiger partial charge in [0.2, 0.25) is 0 Å². The fraction of sp³-hybridized carbons (Fsp3) is 0.182. The molecule has 1 N–H and O–H groups in total. The minimum atomic E-state index is -0.416. The zero-order valence-corrected chi connectivity index (χ0v) is 14.0. The van der Waals surface area contributed by atoms with Crippen molar-refractivity contribution >= 4 is 11.6 Å². The summed E-state index contributed by atoms with van der Waals surface area (Å²) in [6.45, 7) is 0. The van der Waals surface area contributed by atoms with Gasteiger partial charge in [-0.25, -0.2) is 0 Å². The van der Waals surface area contributed by atoms with Crippen LogP contribution in [-0.4, -0.2) is 5.11 Å². The Morgan fingerprint density at radius 3 is 2.08 bits per heavy atom. The third-order valence-electron chi connectivity index (χ3n) is 4.90. The summed E-state index contributed by atoms with van der Waals surface area (Å²) < 4.78 is 0. The molecular weight excluding hydrogens is 316 g/mol. The third kappa shape index (κ3) is 3.10. The Hall–Kier alpha value is -2.09. The quantitative estimate of drug-likeness (QED) is 0.635. The molecule has 0 bridgehead atoms. The van der Waals surface area contributed by atoms with Gasteiger partial charge in [0.05, 0.1) is 6.10 Å². The summed E-state index contributed by atoms with van der Waals surface area (Å²) in [7, 11) is 0. The van der Waals surface area contributed by atoms with Crippen LogP contribution in [-0.2, 0) is 0 Å². The molecule has 1 aliphatic carbocycles. The van der Waals surface area contributed by atoms with Crippen LogP contribution in [0.1, 0.15) is 29.6 Å². The SMILES string of the molecule is OC(c1ccc(Cl)cc1)C1CC1c1ccc(-c2ccccc2)cc1. The fourth-order valence-electron chi connectivity index (χ4n) is 3.41. The highest BCUT2D eigenvalue weighted by molar-refractivity contribution is 6.30. The van der Waals surface area contributed by atoms with Crippen LogP contribution in [0, 0.1) is 5.92 Å². The lowest BCUT2D eigenvalue weighted by Gasteiger charge is -2.11. The van der Waals surface area contributed by atoms with Gasteiger partial charge in [0.15, 0.2) is 0 Å². The monoisotopic (exact) mass is 334 g/mol. The molecule has 1 fully saturated rings. The van der Waals surface area contributed by atoms with Gasteiger partial charge in [0, 0.05) is 5.02 Å². The summed E-state index contributed by atoms with van der Waals surface area (Å²) in [5, 5.41) is 11.3. The Kier molecular flexibility index (Phi) is 4.13. The van der Waals surface area contributed by atoms with Gasteiger partial charge in [-0.3, -0.25) is 0 Å².